The standard InChI is InChI=1S/C13H17F3N2O2.ClH/c1-8(2)11(17)12(19)18-7-9-5-3-4-6-10(9)20-13(14,15)16;/h3-6,8,11H,7,17H2,1-2H3,(H,18,19);1H/t11-;/m1./s1. The van der Waals surface area contributed by atoms with Crippen LogP contribution in [0, 0.1) is 5.92 Å². The molecule has 0 aromatic heterocycles. The van der Waals surface area contributed by atoms with Gasteiger partial charge in [-0.15, -0.1) is 25.6 Å². The van der Waals surface area contributed by atoms with Crippen molar-refractivity contribution in [1.82, 2.24) is 5.32 Å². The lowest BCUT2D eigenvalue weighted by Gasteiger charge is -2.17. The summed E-state index contributed by atoms with van der Waals surface area (Å²) < 4.78 is 40.6. The Kier molecular flexibility index (Phi) is 7.52. The molecule has 1 amide bonds. The summed E-state index contributed by atoms with van der Waals surface area (Å²) >= 11 is 0. The Morgan fingerprint density at radius 2 is 1.90 bits per heavy atom. The summed E-state index contributed by atoms with van der Waals surface area (Å²) in [6.45, 7) is 3.49. The molecule has 8 heteroatoms. The molecule has 1 atom stereocenters. The Morgan fingerprint density at radius 3 is 2.43 bits per heavy atom. The molecule has 0 saturated carbocycles. The molecule has 1 aromatic carbocycles. The van der Waals surface area contributed by atoms with Crippen LogP contribution >= 0.6 is 12.4 Å². The Labute approximate surface area is 127 Å². The number of hydrogen-bond donors (Lipinski definition) is 2. The summed E-state index contributed by atoms with van der Waals surface area (Å²) in [5.74, 6) is -0.808. The summed E-state index contributed by atoms with van der Waals surface area (Å²) in [5.41, 5.74) is 5.87. The van der Waals surface area contributed by atoms with Gasteiger partial charge in [0, 0.05) is 12.1 Å². The number of alkyl halides is 3. The molecule has 0 bridgehead atoms. The Balaban J connectivity index is 0.00000400. The van der Waals surface area contributed by atoms with E-state index >= 15 is 0 Å². The van der Waals surface area contributed by atoms with Crippen LogP contribution in [0.1, 0.15) is 19.4 Å². The Morgan fingerprint density at radius 1 is 1.33 bits per heavy atom. The molecule has 0 unspecified atom stereocenters. The zero-order chi connectivity index (χ0) is 15.3. The number of carbonyl (C=O) groups excluding carboxylic acids is 1. The third kappa shape index (κ3) is 6.68. The molecule has 21 heavy (non-hydrogen) atoms. The summed E-state index contributed by atoms with van der Waals surface area (Å²) in [4.78, 5) is 11.7. The van der Waals surface area contributed by atoms with E-state index in [0.29, 0.717) is 0 Å². The highest BCUT2D eigenvalue weighted by atomic mass is 35.5. The maximum absolute atomic E-state index is 12.2. The molecule has 0 radical (unpaired) electrons. The summed E-state index contributed by atoms with van der Waals surface area (Å²) in [7, 11) is 0. The van der Waals surface area contributed by atoms with Gasteiger partial charge in [0.2, 0.25) is 5.91 Å². The van der Waals surface area contributed by atoms with E-state index in [1.807, 2.05) is 0 Å². The molecule has 0 spiro atoms. The van der Waals surface area contributed by atoms with E-state index < -0.39 is 18.3 Å². The fourth-order valence-corrected chi connectivity index (χ4v) is 1.48. The van der Waals surface area contributed by atoms with Gasteiger partial charge in [-0.2, -0.15) is 0 Å². The van der Waals surface area contributed by atoms with Gasteiger partial charge < -0.3 is 15.8 Å². The molecule has 0 aliphatic heterocycles. The summed E-state index contributed by atoms with van der Waals surface area (Å²) in [5, 5.41) is 2.49. The molecule has 120 valence electrons. The highest BCUT2D eigenvalue weighted by Gasteiger charge is 2.32. The number of benzene rings is 1. The molecule has 0 fully saturated rings. The first-order chi connectivity index (χ1) is 9.20. The minimum atomic E-state index is -4.77. The minimum absolute atomic E-state index is 0. The average molecular weight is 327 g/mol. The SMILES string of the molecule is CC(C)[C@@H](N)C(=O)NCc1ccccc1OC(F)(F)F.Cl. The quantitative estimate of drug-likeness (QED) is 0.874. The van der Waals surface area contributed by atoms with Crippen LogP contribution in [0.15, 0.2) is 24.3 Å². The molecule has 0 saturated heterocycles. The zero-order valence-electron chi connectivity index (χ0n) is 11.6. The average Bonchev–Trinajstić information content (AvgIpc) is 2.34. The number of ether oxygens (including phenoxy) is 1. The maximum Gasteiger partial charge on any atom is 0.573 e. The van der Waals surface area contributed by atoms with Gasteiger partial charge in [0.05, 0.1) is 6.04 Å². The van der Waals surface area contributed by atoms with Gasteiger partial charge in [0.25, 0.3) is 0 Å². The van der Waals surface area contributed by atoms with Crippen LogP contribution in [0.5, 0.6) is 5.75 Å². The molecule has 0 aliphatic rings. The smallest absolute Gasteiger partial charge is 0.405 e. The number of hydrogen-bond acceptors (Lipinski definition) is 3. The normalized spacial score (nSPS) is 12.5. The zero-order valence-corrected chi connectivity index (χ0v) is 12.4. The number of amides is 1. The van der Waals surface area contributed by atoms with Crippen LogP contribution in [0.25, 0.3) is 0 Å². The van der Waals surface area contributed by atoms with Crippen molar-refractivity contribution in [3.8, 4) is 5.75 Å². The van der Waals surface area contributed by atoms with E-state index in [1.165, 1.54) is 18.2 Å². The van der Waals surface area contributed by atoms with Crippen LogP contribution in [-0.4, -0.2) is 18.3 Å². The van der Waals surface area contributed by atoms with Gasteiger partial charge in [-0.25, -0.2) is 0 Å². The summed E-state index contributed by atoms with van der Waals surface area (Å²) in [6.07, 6.45) is -4.77. The fraction of sp³-hybridized carbons (Fsp3) is 0.462. The minimum Gasteiger partial charge on any atom is -0.405 e. The van der Waals surface area contributed by atoms with Gasteiger partial charge in [-0.3, -0.25) is 4.79 Å². The van der Waals surface area contributed by atoms with E-state index in [4.69, 9.17) is 5.73 Å². The van der Waals surface area contributed by atoms with Crippen LogP contribution in [-0.2, 0) is 11.3 Å². The number of nitrogens with two attached hydrogens (primary N) is 1. The van der Waals surface area contributed by atoms with Crippen molar-refractivity contribution in [3.63, 3.8) is 0 Å². The largest absolute Gasteiger partial charge is 0.573 e. The predicted molar refractivity (Wildman–Crippen MR) is 75.0 cm³/mol. The molecule has 4 nitrogen and oxygen atoms in total. The Bertz CT molecular complexity index is 467. The van der Waals surface area contributed by atoms with Crippen LogP contribution in [0.3, 0.4) is 0 Å². The van der Waals surface area contributed by atoms with Gasteiger partial charge in [-0.05, 0) is 12.0 Å². The lowest BCUT2D eigenvalue weighted by molar-refractivity contribution is -0.274. The fourth-order valence-electron chi connectivity index (χ4n) is 1.48. The number of carbonyl (C=O) groups is 1. The van der Waals surface area contributed by atoms with E-state index in [2.05, 4.69) is 10.1 Å². The first-order valence-corrected chi connectivity index (χ1v) is 6.07. The van der Waals surface area contributed by atoms with Crippen LogP contribution < -0.4 is 15.8 Å². The molecule has 1 rings (SSSR count). The second kappa shape index (κ2) is 8.09. The lowest BCUT2D eigenvalue weighted by atomic mass is 10.0. The third-order valence-electron chi connectivity index (χ3n) is 2.67. The van der Waals surface area contributed by atoms with E-state index in [-0.39, 0.29) is 36.2 Å². The van der Waals surface area contributed by atoms with E-state index in [9.17, 15) is 18.0 Å². The Hall–Kier alpha value is -1.47. The van der Waals surface area contributed by atoms with Crippen molar-refractivity contribution < 1.29 is 22.7 Å². The highest BCUT2D eigenvalue weighted by Crippen LogP contribution is 2.26. The molecule has 0 aliphatic carbocycles. The highest BCUT2D eigenvalue weighted by molar-refractivity contribution is 5.85. The number of rotatable bonds is 5. The van der Waals surface area contributed by atoms with Crippen LogP contribution in [0.4, 0.5) is 13.2 Å². The second-order valence-corrected chi connectivity index (χ2v) is 4.64. The second-order valence-electron chi connectivity index (χ2n) is 4.64. The van der Waals surface area contributed by atoms with Crippen molar-refractivity contribution in [2.75, 3.05) is 0 Å². The number of nitrogens with one attached hydrogen (secondary N) is 1. The van der Waals surface area contributed by atoms with Gasteiger partial charge in [0.1, 0.15) is 5.75 Å². The third-order valence-corrected chi connectivity index (χ3v) is 2.67. The van der Waals surface area contributed by atoms with E-state index in [1.54, 1.807) is 19.9 Å². The molecule has 3 N–H and O–H groups in total. The van der Waals surface area contributed by atoms with Crippen molar-refractivity contribution in [1.29, 1.82) is 0 Å². The lowest BCUT2D eigenvalue weighted by Crippen LogP contribution is -2.43. The first kappa shape index (κ1) is 19.5. The van der Waals surface area contributed by atoms with Gasteiger partial charge >= 0.3 is 6.36 Å². The first-order valence-electron chi connectivity index (χ1n) is 6.07. The van der Waals surface area contributed by atoms with Crippen molar-refractivity contribution in [2.45, 2.75) is 32.8 Å². The molecule has 0 heterocycles. The van der Waals surface area contributed by atoms with Gasteiger partial charge in [0.15, 0.2) is 0 Å². The van der Waals surface area contributed by atoms with Crippen molar-refractivity contribution in [3.05, 3.63) is 29.8 Å². The molecular weight excluding hydrogens is 309 g/mol. The summed E-state index contributed by atoms with van der Waals surface area (Å²) in [6, 6.07) is 4.92. The van der Waals surface area contributed by atoms with E-state index in [0.717, 1.165) is 0 Å². The van der Waals surface area contributed by atoms with Crippen LogP contribution in [0.2, 0.25) is 0 Å². The maximum atomic E-state index is 12.2. The topological polar surface area (TPSA) is 64.4 Å². The predicted octanol–water partition coefficient (Wildman–Crippen LogP) is 2.61. The molecular formula is C13H18ClF3N2O2. The molecule has 1 aromatic rings. The number of halogens is 4. The van der Waals surface area contributed by atoms with Gasteiger partial charge in [-0.1, -0.05) is 32.0 Å². The number of para-hydroxylation sites is 1. The monoisotopic (exact) mass is 326 g/mol. The van der Waals surface area contributed by atoms with Crippen molar-refractivity contribution >= 4 is 18.3 Å². The van der Waals surface area contributed by atoms with Crippen molar-refractivity contribution in [2.24, 2.45) is 11.7 Å².